The van der Waals surface area contributed by atoms with E-state index in [1.807, 2.05) is 4.90 Å². The van der Waals surface area contributed by atoms with E-state index >= 15 is 0 Å². The molecule has 0 bridgehead atoms. The molecule has 2 rings (SSSR count). The molecule has 108 valence electrons. The van der Waals surface area contributed by atoms with E-state index in [2.05, 4.69) is 18.8 Å². The van der Waals surface area contributed by atoms with Gasteiger partial charge in [-0.15, -0.1) is 0 Å². The van der Waals surface area contributed by atoms with E-state index in [4.69, 9.17) is 5.11 Å². The fourth-order valence-corrected chi connectivity index (χ4v) is 2.40. The fourth-order valence-electron chi connectivity index (χ4n) is 2.40. The predicted molar refractivity (Wildman–Crippen MR) is 73.0 cm³/mol. The van der Waals surface area contributed by atoms with Crippen LogP contribution in [0.3, 0.4) is 0 Å². The fraction of sp³-hybridized carbons (Fsp3) is 0.538. The highest BCUT2D eigenvalue weighted by Gasteiger charge is 2.29. The van der Waals surface area contributed by atoms with Crippen molar-refractivity contribution in [3.63, 3.8) is 0 Å². The maximum atomic E-state index is 11.1. The molecule has 0 amide bonds. The van der Waals surface area contributed by atoms with Crippen molar-refractivity contribution in [3.05, 3.63) is 27.9 Å². The number of nitro groups is 1. The third kappa shape index (κ3) is 2.71. The zero-order chi connectivity index (χ0) is 14.9. The van der Waals surface area contributed by atoms with Crippen molar-refractivity contribution in [2.75, 3.05) is 18.0 Å². The summed E-state index contributed by atoms with van der Waals surface area (Å²) in [4.78, 5) is 27.3. The number of aromatic carboxylic acids is 1. The molecule has 1 fully saturated rings. The lowest BCUT2D eigenvalue weighted by atomic mass is 9.88. The van der Waals surface area contributed by atoms with Crippen molar-refractivity contribution in [2.45, 2.75) is 20.3 Å². The van der Waals surface area contributed by atoms with E-state index in [0.29, 0.717) is 24.9 Å². The van der Waals surface area contributed by atoms with Gasteiger partial charge in [-0.3, -0.25) is 10.1 Å². The molecule has 1 aliphatic heterocycles. The number of hydrogen-bond acceptors (Lipinski definition) is 5. The Morgan fingerprint density at radius 3 is 2.75 bits per heavy atom. The first-order valence-electron chi connectivity index (χ1n) is 6.52. The molecule has 7 heteroatoms. The van der Waals surface area contributed by atoms with Crippen LogP contribution in [-0.4, -0.2) is 34.1 Å². The second-order valence-electron chi connectivity index (χ2n) is 5.32. The molecule has 1 aliphatic rings. The van der Waals surface area contributed by atoms with Gasteiger partial charge in [0.25, 0.3) is 0 Å². The number of piperidine rings is 1. The minimum Gasteiger partial charge on any atom is -0.478 e. The van der Waals surface area contributed by atoms with Gasteiger partial charge in [0.15, 0.2) is 0 Å². The van der Waals surface area contributed by atoms with Crippen LogP contribution in [0, 0.1) is 22.0 Å². The van der Waals surface area contributed by atoms with E-state index < -0.39 is 10.9 Å². The molecule has 0 aliphatic carbocycles. The molecule has 1 aromatic rings. The molecule has 2 unspecified atom stereocenters. The summed E-state index contributed by atoms with van der Waals surface area (Å²) < 4.78 is 0. The summed E-state index contributed by atoms with van der Waals surface area (Å²) >= 11 is 0. The Labute approximate surface area is 116 Å². The summed E-state index contributed by atoms with van der Waals surface area (Å²) in [5.41, 5.74) is -0.412. The molecule has 1 aromatic heterocycles. The quantitative estimate of drug-likeness (QED) is 0.672. The standard InChI is InChI=1S/C13H17N3O4/c1-8-3-4-15(7-9(8)2)12-11(16(19)20)5-10(6-14-12)13(17)18/h5-6,8-9H,3-4,7H2,1-2H3,(H,17,18). The van der Waals surface area contributed by atoms with E-state index in [1.54, 1.807) is 0 Å². The molecular weight excluding hydrogens is 262 g/mol. The first kappa shape index (κ1) is 14.2. The highest BCUT2D eigenvalue weighted by atomic mass is 16.6. The number of carbonyl (C=O) groups is 1. The Hall–Kier alpha value is -2.18. The minimum absolute atomic E-state index is 0.168. The lowest BCUT2D eigenvalue weighted by Gasteiger charge is -2.35. The van der Waals surface area contributed by atoms with Gasteiger partial charge in [0.05, 0.1) is 10.5 Å². The number of rotatable bonds is 3. The SMILES string of the molecule is CC1CCN(c2ncc(C(=O)O)cc2[N+](=O)[O-])CC1C. The second-order valence-corrected chi connectivity index (χ2v) is 5.32. The van der Waals surface area contributed by atoms with Gasteiger partial charge in [0.1, 0.15) is 0 Å². The van der Waals surface area contributed by atoms with E-state index in [0.717, 1.165) is 12.5 Å². The van der Waals surface area contributed by atoms with Gasteiger partial charge in [0.2, 0.25) is 5.82 Å². The Morgan fingerprint density at radius 1 is 1.50 bits per heavy atom. The van der Waals surface area contributed by atoms with Crippen LogP contribution in [0.25, 0.3) is 0 Å². The maximum absolute atomic E-state index is 11.1. The van der Waals surface area contributed by atoms with Crippen LogP contribution >= 0.6 is 0 Å². The number of anilines is 1. The van der Waals surface area contributed by atoms with E-state index in [-0.39, 0.29) is 17.1 Å². The molecule has 1 saturated heterocycles. The first-order chi connectivity index (χ1) is 9.40. The smallest absolute Gasteiger partial charge is 0.337 e. The Kier molecular flexibility index (Phi) is 3.87. The number of hydrogen-bond donors (Lipinski definition) is 1. The molecule has 0 saturated carbocycles. The summed E-state index contributed by atoms with van der Waals surface area (Å²) in [7, 11) is 0. The van der Waals surface area contributed by atoms with Crippen LogP contribution in [0.2, 0.25) is 0 Å². The molecule has 7 nitrogen and oxygen atoms in total. The monoisotopic (exact) mass is 279 g/mol. The number of aromatic nitrogens is 1. The van der Waals surface area contributed by atoms with Crippen LogP contribution < -0.4 is 4.90 Å². The van der Waals surface area contributed by atoms with E-state index in [1.165, 1.54) is 6.20 Å². The number of carboxylic acids is 1. The third-order valence-electron chi connectivity index (χ3n) is 3.92. The van der Waals surface area contributed by atoms with Crippen molar-refractivity contribution in [3.8, 4) is 0 Å². The second kappa shape index (κ2) is 5.44. The van der Waals surface area contributed by atoms with E-state index in [9.17, 15) is 14.9 Å². The predicted octanol–water partition coefficient (Wildman–Crippen LogP) is 2.17. The van der Waals surface area contributed by atoms with Gasteiger partial charge in [-0.25, -0.2) is 9.78 Å². The number of pyridine rings is 1. The highest BCUT2D eigenvalue weighted by Crippen LogP contribution is 2.32. The topological polar surface area (TPSA) is 96.6 Å². The summed E-state index contributed by atoms with van der Waals surface area (Å²) in [6, 6.07) is 1.08. The lowest BCUT2D eigenvalue weighted by molar-refractivity contribution is -0.384. The molecule has 0 radical (unpaired) electrons. The molecule has 0 aromatic carbocycles. The Bertz CT molecular complexity index is 546. The summed E-state index contributed by atoms with van der Waals surface area (Å²) in [6.07, 6.45) is 2.12. The van der Waals surface area contributed by atoms with Crippen molar-refractivity contribution >= 4 is 17.5 Å². The Balaban J connectivity index is 2.36. The van der Waals surface area contributed by atoms with Crippen LogP contribution in [0.1, 0.15) is 30.6 Å². The first-order valence-corrected chi connectivity index (χ1v) is 6.52. The Morgan fingerprint density at radius 2 is 2.20 bits per heavy atom. The van der Waals surface area contributed by atoms with Gasteiger partial charge in [-0.2, -0.15) is 0 Å². The van der Waals surface area contributed by atoms with Gasteiger partial charge in [0, 0.05) is 25.4 Å². The van der Waals surface area contributed by atoms with Gasteiger partial charge >= 0.3 is 11.7 Å². The third-order valence-corrected chi connectivity index (χ3v) is 3.92. The molecule has 2 heterocycles. The van der Waals surface area contributed by atoms with Gasteiger partial charge < -0.3 is 10.0 Å². The summed E-state index contributed by atoms with van der Waals surface area (Å²) in [5.74, 6) is 0.0411. The van der Waals surface area contributed by atoms with Crippen molar-refractivity contribution in [2.24, 2.45) is 11.8 Å². The van der Waals surface area contributed by atoms with Crippen LogP contribution in [0.15, 0.2) is 12.3 Å². The molecule has 2 atom stereocenters. The highest BCUT2D eigenvalue weighted by molar-refractivity contribution is 5.88. The van der Waals surface area contributed by atoms with Crippen molar-refractivity contribution in [1.29, 1.82) is 0 Å². The number of carboxylic acid groups (broad SMARTS) is 1. The molecule has 0 spiro atoms. The van der Waals surface area contributed by atoms with Crippen LogP contribution in [0.5, 0.6) is 0 Å². The minimum atomic E-state index is -1.22. The average molecular weight is 279 g/mol. The largest absolute Gasteiger partial charge is 0.478 e. The molecular formula is C13H17N3O4. The zero-order valence-electron chi connectivity index (χ0n) is 11.4. The normalized spacial score (nSPS) is 22.6. The summed E-state index contributed by atoms with van der Waals surface area (Å²) in [5, 5.41) is 20.0. The summed E-state index contributed by atoms with van der Waals surface area (Å²) in [6.45, 7) is 5.67. The van der Waals surface area contributed by atoms with Crippen LogP contribution in [-0.2, 0) is 0 Å². The average Bonchev–Trinajstić information content (AvgIpc) is 2.41. The maximum Gasteiger partial charge on any atom is 0.337 e. The van der Waals surface area contributed by atoms with Gasteiger partial charge in [-0.1, -0.05) is 13.8 Å². The van der Waals surface area contributed by atoms with Crippen molar-refractivity contribution in [1.82, 2.24) is 4.98 Å². The van der Waals surface area contributed by atoms with Crippen molar-refractivity contribution < 1.29 is 14.8 Å². The zero-order valence-corrected chi connectivity index (χ0v) is 11.4. The lowest BCUT2D eigenvalue weighted by Crippen LogP contribution is -2.39. The van der Waals surface area contributed by atoms with Gasteiger partial charge in [-0.05, 0) is 18.3 Å². The molecule has 1 N–H and O–H groups in total. The molecule has 20 heavy (non-hydrogen) atoms. The van der Waals surface area contributed by atoms with Crippen LogP contribution in [0.4, 0.5) is 11.5 Å². The number of nitrogens with zero attached hydrogens (tertiary/aromatic N) is 3.